The molecule has 0 unspecified atom stereocenters. The zero-order valence-corrected chi connectivity index (χ0v) is 11.5. The van der Waals surface area contributed by atoms with Crippen LogP contribution in [0.1, 0.15) is 10.5 Å². The highest BCUT2D eigenvalue weighted by molar-refractivity contribution is 9.10. The van der Waals surface area contributed by atoms with E-state index in [4.69, 9.17) is 5.73 Å². The van der Waals surface area contributed by atoms with Crippen LogP contribution in [0.2, 0.25) is 0 Å². The van der Waals surface area contributed by atoms with Crippen LogP contribution in [-0.2, 0) is 6.54 Å². The van der Waals surface area contributed by atoms with E-state index in [0.717, 1.165) is 0 Å². The zero-order valence-electron chi connectivity index (χ0n) is 9.94. The molecule has 2 aromatic rings. The largest absolute Gasteiger partial charge is 0.335 e. The van der Waals surface area contributed by atoms with Gasteiger partial charge in [-0.25, -0.2) is 9.37 Å². The lowest BCUT2D eigenvalue weighted by molar-refractivity contribution is 0.102. The lowest BCUT2D eigenvalue weighted by Crippen LogP contribution is -2.13. The maximum atomic E-state index is 13.1. The Bertz CT molecular complexity index is 599. The van der Waals surface area contributed by atoms with Gasteiger partial charge in [-0.2, -0.15) is 0 Å². The van der Waals surface area contributed by atoms with Gasteiger partial charge in [-0.3, -0.25) is 4.79 Å². The van der Waals surface area contributed by atoms with Crippen LogP contribution in [0, 0.1) is 5.82 Å². The first kappa shape index (κ1) is 13.7. The van der Waals surface area contributed by atoms with Gasteiger partial charge in [0.25, 0.3) is 5.91 Å². The Morgan fingerprint density at radius 3 is 3.05 bits per heavy atom. The van der Waals surface area contributed by atoms with Crippen molar-refractivity contribution in [2.24, 2.45) is 5.73 Å². The monoisotopic (exact) mass is 326 g/mol. The zero-order chi connectivity index (χ0) is 13.8. The predicted octanol–water partition coefficient (Wildman–Crippen LogP) is 2.00. The molecule has 0 saturated carbocycles. The first-order chi connectivity index (χ1) is 9.10. The molecule has 0 spiro atoms. The van der Waals surface area contributed by atoms with Crippen LogP contribution in [0.5, 0.6) is 0 Å². The summed E-state index contributed by atoms with van der Waals surface area (Å²) in [5, 5.41) is 2.59. The van der Waals surface area contributed by atoms with E-state index in [2.05, 4.69) is 26.2 Å². The second-order valence-corrected chi connectivity index (χ2v) is 4.72. The number of hydrogen-bond donors (Lipinski definition) is 2. The van der Waals surface area contributed by atoms with Crippen LogP contribution >= 0.6 is 15.9 Å². The molecule has 7 heteroatoms. The second-order valence-electron chi connectivity index (χ2n) is 3.86. The molecule has 1 aromatic carbocycles. The first-order valence-electron chi connectivity index (χ1n) is 5.58. The van der Waals surface area contributed by atoms with Crippen LogP contribution in [0.15, 0.2) is 35.2 Å². The number of hydrogen-bond acceptors (Lipinski definition) is 3. The van der Waals surface area contributed by atoms with E-state index in [1.54, 1.807) is 10.8 Å². The Hall–Kier alpha value is -1.73. The number of amides is 1. The number of aromatic nitrogens is 2. The molecular weight excluding hydrogens is 315 g/mol. The fraction of sp³-hybridized carbons (Fsp3) is 0.167. The molecule has 0 aliphatic carbocycles. The molecule has 3 N–H and O–H groups in total. The maximum Gasteiger partial charge on any atom is 0.275 e. The molecule has 0 radical (unpaired) electrons. The van der Waals surface area contributed by atoms with Gasteiger partial charge in [0, 0.05) is 23.8 Å². The summed E-state index contributed by atoms with van der Waals surface area (Å²) >= 11 is 3.24. The van der Waals surface area contributed by atoms with Gasteiger partial charge in [-0.15, -0.1) is 0 Å². The number of carbonyl (C=O) groups excluding carboxylic acids is 1. The molecule has 100 valence electrons. The van der Waals surface area contributed by atoms with Crippen LogP contribution in [0.4, 0.5) is 10.1 Å². The van der Waals surface area contributed by atoms with Crippen LogP contribution in [0.25, 0.3) is 0 Å². The fourth-order valence-corrected chi connectivity index (χ4v) is 1.87. The number of carbonyl (C=O) groups is 1. The van der Waals surface area contributed by atoms with E-state index in [1.807, 2.05) is 0 Å². The van der Waals surface area contributed by atoms with Gasteiger partial charge >= 0.3 is 0 Å². The third kappa shape index (κ3) is 3.39. The Morgan fingerprint density at radius 2 is 2.32 bits per heavy atom. The average Bonchev–Trinajstić information content (AvgIpc) is 2.83. The summed E-state index contributed by atoms with van der Waals surface area (Å²) in [6.45, 7) is 1.05. The number of rotatable bonds is 4. The van der Waals surface area contributed by atoms with Crippen molar-refractivity contribution >= 4 is 27.5 Å². The minimum absolute atomic E-state index is 0.254. The highest BCUT2D eigenvalue weighted by Gasteiger charge is 2.11. The second kappa shape index (κ2) is 5.94. The molecule has 5 nitrogen and oxygen atoms in total. The van der Waals surface area contributed by atoms with Crippen LogP contribution in [-0.4, -0.2) is 22.0 Å². The molecule has 0 aliphatic rings. The third-order valence-corrected chi connectivity index (χ3v) is 3.12. The van der Waals surface area contributed by atoms with Crippen molar-refractivity contribution < 1.29 is 9.18 Å². The lowest BCUT2D eigenvalue weighted by Gasteiger charge is -2.05. The predicted molar refractivity (Wildman–Crippen MR) is 73.3 cm³/mol. The van der Waals surface area contributed by atoms with Gasteiger partial charge in [0.1, 0.15) is 11.5 Å². The summed E-state index contributed by atoms with van der Waals surface area (Å²) in [7, 11) is 0. The quantitative estimate of drug-likeness (QED) is 0.902. The average molecular weight is 327 g/mol. The number of nitrogens with two attached hydrogens (primary N) is 1. The number of nitrogens with one attached hydrogen (secondary N) is 1. The Morgan fingerprint density at radius 1 is 1.53 bits per heavy atom. The van der Waals surface area contributed by atoms with E-state index in [1.165, 1.54) is 24.5 Å². The molecule has 0 atom stereocenters. The summed E-state index contributed by atoms with van der Waals surface area (Å²) in [5.41, 5.74) is 6.02. The number of anilines is 1. The number of halogens is 2. The Kier molecular flexibility index (Phi) is 4.28. The van der Waals surface area contributed by atoms with Crippen molar-refractivity contribution in [1.29, 1.82) is 0 Å². The first-order valence-corrected chi connectivity index (χ1v) is 6.37. The van der Waals surface area contributed by atoms with E-state index in [9.17, 15) is 9.18 Å². The lowest BCUT2D eigenvalue weighted by atomic mass is 10.3. The summed E-state index contributed by atoms with van der Waals surface area (Å²) in [5.74, 6) is -0.825. The van der Waals surface area contributed by atoms with E-state index in [-0.39, 0.29) is 5.69 Å². The molecule has 0 aliphatic heterocycles. The normalized spacial score (nSPS) is 10.5. The molecule has 1 heterocycles. The van der Waals surface area contributed by atoms with E-state index >= 15 is 0 Å². The number of imidazole rings is 1. The van der Waals surface area contributed by atoms with Gasteiger partial charge in [0.15, 0.2) is 0 Å². The summed E-state index contributed by atoms with van der Waals surface area (Å²) in [6, 6.07) is 4.06. The smallest absolute Gasteiger partial charge is 0.275 e. The highest BCUT2D eigenvalue weighted by atomic mass is 79.9. The van der Waals surface area contributed by atoms with Crippen molar-refractivity contribution in [1.82, 2.24) is 9.55 Å². The minimum Gasteiger partial charge on any atom is -0.335 e. The molecule has 0 saturated heterocycles. The van der Waals surface area contributed by atoms with Crippen molar-refractivity contribution in [2.75, 3.05) is 11.9 Å². The maximum absolute atomic E-state index is 13.1. The molecule has 19 heavy (non-hydrogen) atoms. The van der Waals surface area contributed by atoms with Crippen molar-refractivity contribution in [3.8, 4) is 0 Å². The number of nitrogens with zero attached hydrogens (tertiary/aromatic N) is 2. The molecule has 1 aromatic heterocycles. The van der Waals surface area contributed by atoms with Gasteiger partial charge in [-0.1, -0.05) is 0 Å². The number of benzene rings is 1. The van der Waals surface area contributed by atoms with Gasteiger partial charge in [0.05, 0.1) is 12.0 Å². The molecule has 0 fully saturated rings. The van der Waals surface area contributed by atoms with Crippen LogP contribution in [0.3, 0.4) is 0 Å². The Balaban J connectivity index is 2.13. The molecule has 2 rings (SSSR count). The van der Waals surface area contributed by atoms with Crippen molar-refractivity contribution in [3.05, 3.63) is 46.7 Å². The topological polar surface area (TPSA) is 72.9 Å². The van der Waals surface area contributed by atoms with E-state index in [0.29, 0.717) is 23.2 Å². The van der Waals surface area contributed by atoms with Gasteiger partial charge in [0.2, 0.25) is 0 Å². The third-order valence-electron chi connectivity index (χ3n) is 2.43. The Labute approximate surface area is 117 Å². The van der Waals surface area contributed by atoms with Gasteiger partial charge in [-0.05, 0) is 34.1 Å². The minimum atomic E-state index is -0.424. The van der Waals surface area contributed by atoms with Crippen molar-refractivity contribution in [3.63, 3.8) is 0 Å². The molecule has 1 amide bonds. The van der Waals surface area contributed by atoms with Gasteiger partial charge < -0.3 is 15.6 Å². The summed E-state index contributed by atoms with van der Waals surface area (Å²) in [4.78, 5) is 15.9. The molecular formula is C12H12BrFN4O. The molecule has 0 bridgehead atoms. The van der Waals surface area contributed by atoms with E-state index < -0.39 is 11.7 Å². The standard InChI is InChI=1S/C12H12BrFN4O/c13-9-2-1-8(14)5-10(9)17-12(19)11-6-18(4-3-15)7-16-11/h1-2,5-7H,3-4,15H2,(H,17,19). The van der Waals surface area contributed by atoms with Crippen molar-refractivity contribution in [2.45, 2.75) is 6.54 Å². The van der Waals surface area contributed by atoms with Crippen LogP contribution < -0.4 is 11.1 Å². The SMILES string of the molecule is NCCn1cnc(C(=O)Nc2cc(F)ccc2Br)c1. The summed E-state index contributed by atoms with van der Waals surface area (Å²) < 4.78 is 15.4. The summed E-state index contributed by atoms with van der Waals surface area (Å²) in [6.07, 6.45) is 3.12. The fourth-order valence-electron chi connectivity index (χ4n) is 1.53. The highest BCUT2D eigenvalue weighted by Crippen LogP contribution is 2.23.